The molecule has 1 unspecified atom stereocenters. The second kappa shape index (κ2) is 6.15. The average molecular weight is 315 g/mol. The molecule has 0 saturated carbocycles. The predicted molar refractivity (Wildman–Crippen MR) is 83.6 cm³/mol. The van der Waals surface area contributed by atoms with E-state index in [0.717, 1.165) is 21.7 Å². The molecule has 2 rings (SSSR count). The largest absolute Gasteiger partial charge is 0.309 e. The smallest absolute Gasteiger partial charge is 0.0592 e. The van der Waals surface area contributed by atoms with Gasteiger partial charge in [0.15, 0.2) is 0 Å². The summed E-state index contributed by atoms with van der Waals surface area (Å²) in [5.41, 5.74) is 3.15. The molecule has 2 aromatic carbocycles. The van der Waals surface area contributed by atoms with E-state index in [-0.39, 0.29) is 6.04 Å². The van der Waals surface area contributed by atoms with Gasteiger partial charge in [-0.15, -0.1) is 0 Å². The molecule has 1 nitrogen and oxygen atoms in total. The molecule has 2 aromatic rings. The van der Waals surface area contributed by atoms with Crippen LogP contribution >= 0.6 is 34.8 Å². The van der Waals surface area contributed by atoms with Gasteiger partial charge in [-0.1, -0.05) is 53.0 Å². The van der Waals surface area contributed by atoms with E-state index in [4.69, 9.17) is 34.8 Å². The van der Waals surface area contributed by atoms with Gasteiger partial charge in [0.1, 0.15) is 0 Å². The van der Waals surface area contributed by atoms with Gasteiger partial charge in [0, 0.05) is 15.1 Å². The van der Waals surface area contributed by atoms with E-state index < -0.39 is 0 Å². The standard InChI is InChI=1S/C15H14Cl3N/c1-9-11(4-3-5-13(9)17)15(19-2)12-7-6-10(16)8-14(12)18/h3-8,15,19H,1-2H3. The van der Waals surface area contributed by atoms with E-state index in [1.807, 2.05) is 44.3 Å². The zero-order valence-electron chi connectivity index (χ0n) is 10.7. The summed E-state index contributed by atoms with van der Waals surface area (Å²) < 4.78 is 0. The van der Waals surface area contributed by atoms with Crippen LogP contribution < -0.4 is 5.32 Å². The molecule has 0 spiro atoms. The van der Waals surface area contributed by atoms with Crippen molar-refractivity contribution < 1.29 is 0 Å². The fourth-order valence-electron chi connectivity index (χ4n) is 2.15. The van der Waals surface area contributed by atoms with E-state index in [0.29, 0.717) is 10.0 Å². The quantitative estimate of drug-likeness (QED) is 0.814. The minimum absolute atomic E-state index is 0.0107. The van der Waals surface area contributed by atoms with Gasteiger partial charge in [-0.2, -0.15) is 0 Å². The Morgan fingerprint density at radius 2 is 1.68 bits per heavy atom. The van der Waals surface area contributed by atoms with E-state index in [2.05, 4.69) is 5.32 Å². The summed E-state index contributed by atoms with van der Waals surface area (Å²) in [4.78, 5) is 0. The maximum Gasteiger partial charge on any atom is 0.0592 e. The van der Waals surface area contributed by atoms with Crippen LogP contribution in [0.2, 0.25) is 15.1 Å². The van der Waals surface area contributed by atoms with Crippen molar-refractivity contribution in [2.75, 3.05) is 7.05 Å². The van der Waals surface area contributed by atoms with Gasteiger partial charge in [0.2, 0.25) is 0 Å². The van der Waals surface area contributed by atoms with Gasteiger partial charge in [0.25, 0.3) is 0 Å². The lowest BCUT2D eigenvalue weighted by molar-refractivity contribution is 0.688. The number of benzene rings is 2. The van der Waals surface area contributed by atoms with Crippen LogP contribution in [-0.2, 0) is 0 Å². The van der Waals surface area contributed by atoms with E-state index in [1.54, 1.807) is 6.07 Å². The van der Waals surface area contributed by atoms with E-state index in [1.165, 1.54) is 0 Å². The first kappa shape index (κ1) is 14.7. The zero-order chi connectivity index (χ0) is 14.0. The monoisotopic (exact) mass is 313 g/mol. The van der Waals surface area contributed by atoms with Crippen molar-refractivity contribution in [1.82, 2.24) is 5.32 Å². The Kier molecular flexibility index (Phi) is 4.75. The number of rotatable bonds is 3. The first-order valence-electron chi connectivity index (χ1n) is 5.92. The molecule has 0 saturated heterocycles. The van der Waals surface area contributed by atoms with Crippen LogP contribution in [0.5, 0.6) is 0 Å². The maximum absolute atomic E-state index is 6.29. The summed E-state index contributed by atoms with van der Waals surface area (Å²) >= 11 is 18.4. The summed E-state index contributed by atoms with van der Waals surface area (Å²) in [5.74, 6) is 0. The summed E-state index contributed by atoms with van der Waals surface area (Å²) in [6, 6.07) is 11.4. The first-order valence-corrected chi connectivity index (χ1v) is 7.05. The highest BCUT2D eigenvalue weighted by molar-refractivity contribution is 6.35. The zero-order valence-corrected chi connectivity index (χ0v) is 12.9. The molecule has 0 aliphatic carbocycles. The van der Waals surface area contributed by atoms with Crippen LogP contribution in [-0.4, -0.2) is 7.05 Å². The first-order chi connectivity index (χ1) is 9.04. The topological polar surface area (TPSA) is 12.0 Å². The fraction of sp³-hybridized carbons (Fsp3) is 0.200. The van der Waals surface area contributed by atoms with Crippen LogP contribution in [0, 0.1) is 6.92 Å². The van der Waals surface area contributed by atoms with Crippen LogP contribution in [0.4, 0.5) is 0 Å². The Labute approximate surface area is 128 Å². The van der Waals surface area contributed by atoms with Gasteiger partial charge in [-0.25, -0.2) is 0 Å². The lowest BCUT2D eigenvalue weighted by Gasteiger charge is -2.21. The highest BCUT2D eigenvalue weighted by Crippen LogP contribution is 2.33. The lowest BCUT2D eigenvalue weighted by Crippen LogP contribution is -2.19. The van der Waals surface area contributed by atoms with Crippen LogP contribution in [0.3, 0.4) is 0 Å². The molecule has 0 amide bonds. The highest BCUT2D eigenvalue weighted by Gasteiger charge is 2.18. The third-order valence-electron chi connectivity index (χ3n) is 3.18. The van der Waals surface area contributed by atoms with Crippen molar-refractivity contribution >= 4 is 34.8 Å². The summed E-state index contributed by atoms with van der Waals surface area (Å²) in [7, 11) is 1.90. The second-order valence-corrected chi connectivity index (χ2v) is 5.59. The molecule has 19 heavy (non-hydrogen) atoms. The molecule has 1 N–H and O–H groups in total. The number of hydrogen-bond acceptors (Lipinski definition) is 1. The molecule has 1 atom stereocenters. The van der Waals surface area contributed by atoms with Crippen molar-refractivity contribution in [3.63, 3.8) is 0 Å². The SMILES string of the molecule is CNC(c1ccc(Cl)cc1Cl)c1cccc(Cl)c1C. The van der Waals surface area contributed by atoms with Crippen molar-refractivity contribution in [3.05, 3.63) is 68.2 Å². The molecule has 0 bridgehead atoms. The van der Waals surface area contributed by atoms with Gasteiger partial charge in [-0.3, -0.25) is 0 Å². The molecule has 0 heterocycles. The van der Waals surface area contributed by atoms with Crippen LogP contribution in [0.25, 0.3) is 0 Å². The molecule has 4 heteroatoms. The maximum atomic E-state index is 6.29. The van der Waals surface area contributed by atoms with Gasteiger partial charge in [-0.05, 0) is 48.9 Å². The van der Waals surface area contributed by atoms with Gasteiger partial charge >= 0.3 is 0 Å². The molecule has 0 aliphatic heterocycles. The Morgan fingerprint density at radius 3 is 2.32 bits per heavy atom. The van der Waals surface area contributed by atoms with Crippen LogP contribution in [0.15, 0.2) is 36.4 Å². The predicted octanol–water partition coefficient (Wildman–Crippen LogP) is 5.26. The van der Waals surface area contributed by atoms with E-state index >= 15 is 0 Å². The Hall–Kier alpha value is -0.730. The molecule has 0 aliphatic rings. The number of hydrogen-bond donors (Lipinski definition) is 1. The summed E-state index contributed by atoms with van der Waals surface area (Å²) in [5, 5.41) is 5.31. The highest BCUT2D eigenvalue weighted by atomic mass is 35.5. The van der Waals surface area contributed by atoms with Gasteiger partial charge in [0.05, 0.1) is 6.04 Å². The molecular weight excluding hydrogens is 301 g/mol. The average Bonchev–Trinajstić information content (AvgIpc) is 2.37. The second-order valence-electron chi connectivity index (χ2n) is 4.34. The molecule has 0 radical (unpaired) electrons. The third kappa shape index (κ3) is 3.06. The number of nitrogens with one attached hydrogen (secondary N) is 1. The lowest BCUT2D eigenvalue weighted by atomic mass is 9.95. The number of halogens is 3. The van der Waals surface area contributed by atoms with Crippen molar-refractivity contribution in [2.24, 2.45) is 0 Å². The summed E-state index contributed by atoms with van der Waals surface area (Å²) in [6.45, 7) is 2.01. The third-order valence-corrected chi connectivity index (χ3v) is 4.15. The normalized spacial score (nSPS) is 12.5. The Bertz CT molecular complexity index is 596. The van der Waals surface area contributed by atoms with Crippen molar-refractivity contribution in [3.8, 4) is 0 Å². The Balaban J connectivity index is 2.53. The minimum Gasteiger partial charge on any atom is -0.309 e. The molecule has 0 fully saturated rings. The molecule has 100 valence electrons. The molecule has 0 aromatic heterocycles. The molecular formula is C15H14Cl3N. The van der Waals surface area contributed by atoms with Crippen molar-refractivity contribution in [1.29, 1.82) is 0 Å². The minimum atomic E-state index is -0.0107. The van der Waals surface area contributed by atoms with Crippen LogP contribution in [0.1, 0.15) is 22.7 Å². The Morgan fingerprint density at radius 1 is 0.947 bits per heavy atom. The van der Waals surface area contributed by atoms with Gasteiger partial charge < -0.3 is 5.32 Å². The summed E-state index contributed by atoms with van der Waals surface area (Å²) in [6.07, 6.45) is 0. The fourth-order valence-corrected chi connectivity index (χ4v) is 2.85. The van der Waals surface area contributed by atoms with Crippen molar-refractivity contribution in [2.45, 2.75) is 13.0 Å². The van der Waals surface area contributed by atoms with E-state index in [9.17, 15) is 0 Å².